The Bertz CT molecular complexity index is 1370. The minimum atomic E-state index is -3.71. The number of ether oxygens (including phenoxy) is 2. The number of morpholine rings is 1. The first-order chi connectivity index (χ1) is 19.5. The molecule has 0 unspecified atom stereocenters. The van der Waals surface area contributed by atoms with Gasteiger partial charge < -0.3 is 25.0 Å². The average molecular weight is 565 g/mol. The fourth-order valence-electron chi connectivity index (χ4n) is 4.96. The van der Waals surface area contributed by atoms with Crippen molar-refractivity contribution < 1.29 is 22.7 Å². The van der Waals surface area contributed by atoms with Crippen LogP contribution in [0.15, 0.2) is 77.7 Å². The van der Waals surface area contributed by atoms with Crippen molar-refractivity contribution in [1.82, 2.24) is 4.31 Å². The first-order valence-corrected chi connectivity index (χ1v) is 15.2. The third kappa shape index (κ3) is 7.12. The third-order valence-electron chi connectivity index (χ3n) is 7.08. The normalized spacial score (nSPS) is 16.6. The van der Waals surface area contributed by atoms with Crippen LogP contribution in [0, 0.1) is 0 Å². The zero-order valence-corrected chi connectivity index (χ0v) is 23.4. The lowest BCUT2D eigenvalue weighted by Gasteiger charge is -2.28. The van der Waals surface area contributed by atoms with Crippen molar-refractivity contribution in [1.29, 1.82) is 0 Å². The van der Waals surface area contributed by atoms with Gasteiger partial charge in [0.1, 0.15) is 5.75 Å². The van der Waals surface area contributed by atoms with Crippen LogP contribution in [0.3, 0.4) is 0 Å². The first-order valence-electron chi connectivity index (χ1n) is 13.8. The zero-order valence-electron chi connectivity index (χ0n) is 22.6. The van der Waals surface area contributed by atoms with Crippen LogP contribution in [-0.4, -0.2) is 64.6 Å². The molecule has 0 bridgehead atoms. The quantitative estimate of drug-likeness (QED) is 0.383. The van der Waals surface area contributed by atoms with Crippen LogP contribution in [0.2, 0.25) is 0 Å². The van der Waals surface area contributed by atoms with E-state index < -0.39 is 10.0 Å². The Kier molecular flexibility index (Phi) is 9.20. The van der Waals surface area contributed by atoms with E-state index in [-0.39, 0.29) is 17.4 Å². The molecule has 2 fully saturated rings. The Morgan fingerprint density at radius 3 is 2.20 bits per heavy atom. The molecule has 212 valence electrons. The second-order valence-electron chi connectivity index (χ2n) is 9.95. The number of carbonyl (C=O) groups is 1. The molecule has 0 radical (unpaired) electrons. The van der Waals surface area contributed by atoms with Crippen LogP contribution in [0.5, 0.6) is 5.75 Å². The van der Waals surface area contributed by atoms with Gasteiger partial charge in [0.2, 0.25) is 10.0 Å². The number of carbonyl (C=O) groups excluding carboxylic acids is 1. The molecule has 0 aromatic heterocycles. The highest BCUT2D eigenvalue weighted by atomic mass is 32.2. The van der Waals surface area contributed by atoms with Gasteiger partial charge >= 0.3 is 0 Å². The number of amides is 1. The Morgan fingerprint density at radius 1 is 0.825 bits per heavy atom. The molecular weight excluding hydrogens is 528 g/mol. The topological polar surface area (TPSA) is 100 Å². The minimum absolute atomic E-state index is 0.158. The van der Waals surface area contributed by atoms with Gasteiger partial charge in [0.05, 0.1) is 29.5 Å². The lowest BCUT2D eigenvalue weighted by atomic mass is 10.2. The smallest absolute Gasteiger partial charge is 0.262 e. The molecule has 1 amide bonds. The van der Waals surface area contributed by atoms with E-state index in [9.17, 15) is 13.2 Å². The summed E-state index contributed by atoms with van der Waals surface area (Å²) in [5, 5.41) is 6.24. The molecule has 3 aromatic rings. The summed E-state index contributed by atoms with van der Waals surface area (Å²) >= 11 is 0. The molecule has 2 heterocycles. The number of nitrogens with one attached hydrogen (secondary N) is 2. The van der Waals surface area contributed by atoms with Crippen molar-refractivity contribution in [3.63, 3.8) is 0 Å². The minimum Gasteiger partial charge on any atom is -0.484 e. The van der Waals surface area contributed by atoms with Crippen LogP contribution in [0.1, 0.15) is 25.7 Å². The van der Waals surface area contributed by atoms with Crippen LogP contribution >= 0.6 is 0 Å². The fourth-order valence-corrected chi connectivity index (χ4v) is 6.39. The van der Waals surface area contributed by atoms with Gasteiger partial charge in [0.25, 0.3) is 5.91 Å². The summed E-state index contributed by atoms with van der Waals surface area (Å²) < 4.78 is 39.2. The highest BCUT2D eigenvalue weighted by Crippen LogP contribution is 2.32. The van der Waals surface area contributed by atoms with Crippen LogP contribution in [0.4, 0.5) is 22.7 Å². The van der Waals surface area contributed by atoms with Crippen molar-refractivity contribution >= 4 is 38.7 Å². The van der Waals surface area contributed by atoms with E-state index in [1.165, 1.54) is 4.31 Å². The molecule has 5 rings (SSSR count). The lowest BCUT2D eigenvalue weighted by Crippen LogP contribution is -2.40. The van der Waals surface area contributed by atoms with Gasteiger partial charge in [-0.15, -0.1) is 0 Å². The monoisotopic (exact) mass is 564 g/mol. The summed E-state index contributed by atoms with van der Waals surface area (Å²) in [6, 6.07) is 22.3. The third-order valence-corrected chi connectivity index (χ3v) is 8.98. The Morgan fingerprint density at radius 2 is 1.50 bits per heavy atom. The van der Waals surface area contributed by atoms with Gasteiger partial charge in [-0.3, -0.25) is 4.79 Å². The van der Waals surface area contributed by atoms with E-state index in [0.29, 0.717) is 37.7 Å². The van der Waals surface area contributed by atoms with Crippen molar-refractivity contribution in [3.8, 4) is 5.75 Å². The molecule has 2 aliphatic heterocycles. The summed E-state index contributed by atoms with van der Waals surface area (Å²) in [5.74, 6) is 0.202. The number of rotatable bonds is 9. The summed E-state index contributed by atoms with van der Waals surface area (Å²) in [6.45, 7) is 2.88. The maximum atomic E-state index is 13.3. The Hall–Kier alpha value is -3.60. The van der Waals surface area contributed by atoms with E-state index in [4.69, 9.17) is 9.47 Å². The SMILES string of the molecule is O=C(COc1ccc(Nc2ccccc2)cc1)Nc1cc(S(=O)(=O)N2CCOCC2)ccc1N1CCCCCC1. The maximum Gasteiger partial charge on any atom is 0.262 e. The number of hydrogen-bond donors (Lipinski definition) is 2. The Balaban J connectivity index is 1.28. The molecule has 0 aliphatic carbocycles. The summed E-state index contributed by atoms with van der Waals surface area (Å²) in [6.07, 6.45) is 4.43. The molecule has 0 atom stereocenters. The summed E-state index contributed by atoms with van der Waals surface area (Å²) in [5.41, 5.74) is 3.19. The maximum absolute atomic E-state index is 13.3. The van der Waals surface area contributed by atoms with E-state index in [2.05, 4.69) is 15.5 Å². The lowest BCUT2D eigenvalue weighted by molar-refractivity contribution is -0.118. The van der Waals surface area contributed by atoms with Gasteiger partial charge in [-0.05, 0) is 67.4 Å². The molecule has 0 spiro atoms. The number of nitrogens with zero attached hydrogens (tertiary/aromatic N) is 2. The number of sulfonamides is 1. The molecule has 3 aromatic carbocycles. The number of para-hydroxylation sites is 1. The largest absolute Gasteiger partial charge is 0.484 e. The van der Waals surface area contributed by atoms with Crippen molar-refractivity contribution in [2.24, 2.45) is 0 Å². The molecule has 9 nitrogen and oxygen atoms in total. The summed E-state index contributed by atoms with van der Waals surface area (Å²) in [7, 11) is -3.71. The van der Waals surface area contributed by atoms with Gasteiger partial charge in [-0.25, -0.2) is 8.42 Å². The Labute approximate surface area is 236 Å². The predicted molar refractivity (Wildman–Crippen MR) is 157 cm³/mol. The zero-order chi connectivity index (χ0) is 27.8. The molecule has 2 aliphatic rings. The second-order valence-corrected chi connectivity index (χ2v) is 11.9. The van der Waals surface area contributed by atoms with E-state index in [1.807, 2.05) is 48.5 Å². The number of benzene rings is 3. The molecule has 40 heavy (non-hydrogen) atoms. The molecule has 10 heteroatoms. The standard InChI is InChI=1S/C30H36N4O5S/c35-30(23-39-26-12-10-25(11-13-26)31-24-8-4-3-5-9-24)32-28-22-27(40(36,37)34-18-20-38-21-19-34)14-15-29(28)33-16-6-1-2-7-17-33/h3-5,8-15,22,31H,1-2,6-7,16-21,23H2,(H,32,35). The molecule has 2 saturated heterocycles. The fraction of sp³-hybridized carbons (Fsp3) is 0.367. The van der Waals surface area contributed by atoms with Crippen molar-refractivity contribution in [2.45, 2.75) is 30.6 Å². The molecule has 0 saturated carbocycles. The van der Waals surface area contributed by atoms with Gasteiger partial charge in [0, 0.05) is 37.6 Å². The highest BCUT2D eigenvalue weighted by Gasteiger charge is 2.28. The van der Waals surface area contributed by atoms with Crippen molar-refractivity contribution in [2.75, 3.05) is 61.5 Å². The van der Waals surface area contributed by atoms with E-state index >= 15 is 0 Å². The van der Waals surface area contributed by atoms with Gasteiger partial charge in [-0.1, -0.05) is 31.0 Å². The van der Waals surface area contributed by atoms with Crippen LogP contribution < -0.4 is 20.3 Å². The second kappa shape index (κ2) is 13.2. The number of anilines is 4. The number of hydrogen-bond acceptors (Lipinski definition) is 7. The van der Waals surface area contributed by atoms with Gasteiger partial charge in [0.15, 0.2) is 6.61 Å². The van der Waals surface area contributed by atoms with E-state index in [0.717, 1.165) is 55.8 Å². The van der Waals surface area contributed by atoms with Crippen LogP contribution in [-0.2, 0) is 19.6 Å². The molecule has 2 N–H and O–H groups in total. The summed E-state index contributed by atoms with van der Waals surface area (Å²) in [4.78, 5) is 15.4. The van der Waals surface area contributed by atoms with Crippen LogP contribution in [0.25, 0.3) is 0 Å². The van der Waals surface area contributed by atoms with Gasteiger partial charge in [-0.2, -0.15) is 4.31 Å². The average Bonchev–Trinajstić information content (AvgIpc) is 3.27. The predicted octanol–water partition coefficient (Wildman–Crippen LogP) is 4.85. The first kappa shape index (κ1) is 27.9. The molecular formula is C30H36N4O5S. The highest BCUT2D eigenvalue weighted by molar-refractivity contribution is 7.89. The van der Waals surface area contributed by atoms with Crippen molar-refractivity contribution in [3.05, 3.63) is 72.8 Å². The van der Waals surface area contributed by atoms with E-state index in [1.54, 1.807) is 24.3 Å².